The predicted molar refractivity (Wildman–Crippen MR) is 96.8 cm³/mol. The van der Waals surface area contributed by atoms with Crippen LogP contribution in [0.25, 0.3) is 11.3 Å². The van der Waals surface area contributed by atoms with Gasteiger partial charge in [-0.15, -0.1) is 0 Å². The topological polar surface area (TPSA) is 99.7 Å². The van der Waals surface area contributed by atoms with Crippen LogP contribution in [0.3, 0.4) is 0 Å². The molecule has 27 heavy (non-hydrogen) atoms. The number of nitro benzene ring substituents is 1. The zero-order valence-corrected chi connectivity index (χ0v) is 14.5. The zero-order valence-electron chi connectivity index (χ0n) is 13.8. The van der Waals surface area contributed by atoms with Gasteiger partial charge >= 0.3 is 5.97 Å². The summed E-state index contributed by atoms with van der Waals surface area (Å²) < 4.78 is 10.6. The van der Waals surface area contributed by atoms with E-state index in [1.807, 2.05) is 0 Å². The van der Waals surface area contributed by atoms with Crippen molar-refractivity contribution in [3.05, 3.63) is 86.6 Å². The number of nitro groups is 1. The SMILES string of the molecule is O=Cc1ccc(-c2ccc(Cl)c(C(=O)OCc3ccc([N+](=O)[O-])cc3)c2)o1. The third-order valence-corrected chi connectivity index (χ3v) is 4.06. The molecule has 0 saturated carbocycles. The van der Waals surface area contributed by atoms with E-state index in [1.165, 1.54) is 42.5 Å². The number of hydrogen-bond donors (Lipinski definition) is 0. The fraction of sp³-hybridized carbons (Fsp3) is 0.0526. The van der Waals surface area contributed by atoms with Crippen molar-refractivity contribution in [2.24, 2.45) is 0 Å². The number of halogens is 1. The Hall–Kier alpha value is -3.45. The second-order valence-electron chi connectivity index (χ2n) is 5.51. The van der Waals surface area contributed by atoms with Crippen molar-refractivity contribution < 1.29 is 23.7 Å². The van der Waals surface area contributed by atoms with E-state index in [9.17, 15) is 19.7 Å². The molecule has 0 radical (unpaired) electrons. The highest BCUT2D eigenvalue weighted by Gasteiger charge is 2.15. The van der Waals surface area contributed by atoms with Crippen LogP contribution in [0, 0.1) is 10.1 Å². The molecule has 3 rings (SSSR count). The van der Waals surface area contributed by atoms with Crippen LogP contribution in [0.15, 0.2) is 59.0 Å². The molecule has 0 spiro atoms. The average Bonchev–Trinajstić information content (AvgIpc) is 3.16. The van der Waals surface area contributed by atoms with Gasteiger partial charge in [0.1, 0.15) is 12.4 Å². The number of non-ortho nitro benzene ring substituents is 1. The van der Waals surface area contributed by atoms with Crippen LogP contribution in [-0.2, 0) is 11.3 Å². The number of esters is 1. The summed E-state index contributed by atoms with van der Waals surface area (Å²) in [6, 6.07) is 13.5. The molecule has 0 aliphatic rings. The van der Waals surface area contributed by atoms with Gasteiger partial charge in [-0.2, -0.15) is 0 Å². The molecule has 0 N–H and O–H groups in total. The molecule has 7 nitrogen and oxygen atoms in total. The molecule has 3 aromatic rings. The molecule has 1 heterocycles. The molecule has 136 valence electrons. The number of rotatable bonds is 6. The summed E-state index contributed by atoms with van der Waals surface area (Å²) in [4.78, 5) is 33.2. The summed E-state index contributed by atoms with van der Waals surface area (Å²) in [5.74, 6) is -0.0668. The number of nitrogens with zero attached hydrogens (tertiary/aromatic N) is 1. The van der Waals surface area contributed by atoms with E-state index < -0.39 is 10.9 Å². The standard InChI is InChI=1S/C19H12ClNO6/c20-17-7-3-13(18-8-6-15(10-22)27-18)9-16(17)19(23)26-11-12-1-4-14(5-2-12)21(24)25/h1-10H,11H2. The van der Waals surface area contributed by atoms with E-state index >= 15 is 0 Å². The zero-order chi connectivity index (χ0) is 19.4. The van der Waals surface area contributed by atoms with E-state index in [1.54, 1.807) is 12.1 Å². The lowest BCUT2D eigenvalue weighted by molar-refractivity contribution is -0.384. The van der Waals surface area contributed by atoms with E-state index in [2.05, 4.69) is 0 Å². The van der Waals surface area contributed by atoms with Crippen molar-refractivity contribution in [1.29, 1.82) is 0 Å². The minimum absolute atomic E-state index is 0.0473. The first-order chi connectivity index (χ1) is 13.0. The summed E-state index contributed by atoms with van der Waals surface area (Å²) in [6.45, 7) is -0.0621. The smallest absolute Gasteiger partial charge is 0.340 e. The van der Waals surface area contributed by atoms with Gasteiger partial charge in [-0.1, -0.05) is 11.6 Å². The molecule has 1 aromatic heterocycles. The van der Waals surface area contributed by atoms with Crippen molar-refractivity contribution in [2.75, 3.05) is 0 Å². The molecule has 0 bridgehead atoms. The molecule has 0 fully saturated rings. The molecule has 0 saturated heterocycles. The number of aldehydes is 1. The number of benzene rings is 2. The average molecular weight is 386 g/mol. The van der Waals surface area contributed by atoms with Crippen LogP contribution in [0.2, 0.25) is 5.02 Å². The van der Waals surface area contributed by atoms with Crippen molar-refractivity contribution in [2.45, 2.75) is 6.61 Å². The molecule has 0 aliphatic heterocycles. The Balaban J connectivity index is 1.74. The predicted octanol–water partition coefficient (Wildman–Crippen LogP) is 4.68. The summed E-state index contributed by atoms with van der Waals surface area (Å²) >= 11 is 6.09. The Morgan fingerprint density at radius 3 is 2.52 bits per heavy atom. The Labute approximate surface area is 158 Å². The van der Waals surface area contributed by atoms with Crippen LogP contribution in [0.4, 0.5) is 5.69 Å². The molecular formula is C19H12ClNO6. The van der Waals surface area contributed by atoms with Gasteiger partial charge in [0.2, 0.25) is 0 Å². The van der Waals surface area contributed by atoms with Crippen molar-refractivity contribution in [3.8, 4) is 11.3 Å². The Kier molecular flexibility index (Phi) is 5.33. The van der Waals surface area contributed by atoms with Crippen LogP contribution in [0.5, 0.6) is 0 Å². The molecule has 0 unspecified atom stereocenters. The monoisotopic (exact) mass is 385 g/mol. The van der Waals surface area contributed by atoms with Gasteiger partial charge in [0, 0.05) is 17.7 Å². The highest BCUT2D eigenvalue weighted by molar-refractivity contribution is 6.33. The summed E-state index contributed by atoms with van der Waals surface area (Å²) in [5.41, 5.74) is 1.26. The highest BCUT2D eigenvalue weighted by atomic mass is 35.5. The Morgan fingerprint density at radius 1 is 1.15 bits per heavy atom. The molecule has 2 aromatic carbocycles. The van der Waals surface area contributed by atoms with Crippen LogP contribution in [0.1, 0.15) is 26.5 Å². The van der Waals surface area contributed by atoms with Gasteiger partial charge in [-0.05, 0) is 48.0 Å². The normalized spacial score (nSPS) is 10.4. The van der Waals surface area contributed by atoms with E-state index in [-0.39, 0.29) is 28.6 Å². The minimum atomic E-state index is -0.651. The Bertz CT molecular complexity index is 1010. The van der Waals surface area contributed by atoms with Gasteiger partial charge in [-0.3, -0.25) is 14.9 Å². The number of furan rings is 1. The second kappa shape index (κ2) is 7.84. The summed E-state index contributed by atoms with van der Waals surface area (Å²) in [5, 5.41) is 10.9. The first-order valence-corrected chi connectivity index (χ1v) is 8.11. The summed E-state index contributed by atoms with van der Waals surface area (Å²) in [6.07, 6.45) is 0.582. The van der Waals surface area contributed by atoms with Crippen LogP contribution < -0.4 is 0 Å². The fourth-order valence-corrected chi connectivity index (χ4v) is 2.54. The van der Waals surface area contributed by atoms with Crippen molar-refractivity contribution in [3.63, 3.8) is 0 Å². The maximum absolute atomic E-state index is 12.4. The van der Waals surface area contributed by atoms with Crippen molar-refractivity contribution >= 4 is 29.5 Å². The number of carbonyl (C=O) groups is 2. The maximum Gasteiger partial charge on any atom is 0.340 e. The van der Waals surface area contributed by atoms with E-state index in [4.69, 9.17) is 20.8 Å². The van der Waals surface area contributed by atoms with Crippen molar-refractivity contribution in [1.82, 2.24) is 0 Å². The molecule has 0 amide bonds. The molecule has 8 heteroatoms. The first kappa shape index (κ1) is 18.3. The molecule has 0 aliphatic carbocycles. The largest absolute Gasteiger partial charge is 0.457 e. The van der Waals surface area contributed by atoms with E-state index in [0.29, 0.717) is 23.2 Å². The molecule has 0 atom stereocenters. The van der Waals surface area contributed by atoms with E-state index in [0.717, 1.165) is 0 Å². The quantitative estimate of drug-likeness (QED) is 0.264. The highest BCUT2D eigenvalue weighted by Crippen LogP contribution is 2.27. The van der Waals surface area contributed by atoms with Gasteiger partial charge in [0.25, 0.3) is 5.69 Å². The number of carbonyl (C=O) groups excluding carboxylic acids is 2. The maximum atomic E-state index is 12.4. The Morgan fingerprint density at radius 2 is 1.89 bits per heavy atom. The van der Waals surface area contributed by atoms with Crippen LogP contribution >= 0.6 is 11.6 Å². The lowest BCUT2D eigenvalue weighted by Crippen LogP contribution is -2.06. The number of ether oxygens (including phenoxy) is 1. The second-order valence-corrected chi connectivity index (χ2v) is 5.92. The fourth-order valence-electron chi connectivity index (χ4n) is 2.35. The lowest BCUT2D eigenvalue weighted by atomic mass is 10.1. The van der Waals surface area contributed by atoms with Gasteiger partial charge < -0.3 is 9.15 Å². The van der Waals surface area contributed by atoms with Gasteiger partial charge in [-0.25, -0.2) is 4.79 Å². The van der Waals surface area contributed by atoms with Gasteiger partial charge in [0.15, 0.2) is 12.0 Å². The first-order valence-electron chi connectivity index (χ1n) is 7.73. The number of hydrogen-bond acceptors (Lipinski definition) is 6. The lowest BCUT2D eigenvalue weighted by Gasteiger charge is -2.08. The van der Waals surface area contributed by atoms with Crippen LogP contribution in [-0.4, -0.2) is 17.2 Å². The third kappa shape index (κ3) is 4.21. The molecular weight excluding hydrogens is 374 g/mol. The summed E-state index contributed by atoms with van der Waals surface area (Å²) in [7, 11) is 0. The van der Waals surface area contributed by atoms with Gasteiger partial charge in [0.05, 0.1) is 15.5 Å². The third-order valence-electron chi connectivity index (χ3n) is 3.73. The minimum Gasteiger partial charge on any atom is -0.457 e.